The Kier molecular flexibility index (Phi) is 5.68. The largest absolute Gasteiger partial charge is 0.494 e. The molecule has 1 saturated heterocycles. The Balaban J connectivity index is 1.68. The smallest absolute Gasteiger partial charge is 0.251 e. The van der Waals surface area contributed by atoms with Gasteiger partial charge in [0, 0.05) is 6.04 Å². The number of hydrogen-bond acceptors (Lipinski definition) is 4. The van der Waals surface area contributed by atoms with Gasteiger partial charge in [0.05, 0.1) is 24.8 Å². The van der Waals surface area contributed by atoms with Gasteiger partial charge in [0.15, 0.2) is 0 Å². The number of nitrogens with zero attached hydrogens (tertiary/aromatic N) is 1. The van der Waals surface area contributed by atoms with E-state index < -0.39 is 6.04 Å². The number of nitrogens with one attached hydrogen (secondary N) is 1. The van der Waals surface area contributed by atoms with Crippen molar-refractivity contribution in [1.82, 2.24) is 5.32 Å². The number of rotatable bonds is 7. The first-order chi connectivity index (χ1) is 12.6. The van der Waals surface area contributed by atoms with Crippen molar-refractivity contribution < 1.29 is 14.3 Å². The number of hydrogen-bond donors (Lipinski definition) is 1. The Bertz CT molecular complexity index is 759. The van der Waals surface area contributed by atoms with E-state index in [1.807, 2.05) is 44.2 Å². The van der Waals surface area contributed by atoms with Gasteiger partial charge in [0.25, 0.3) is 5.91 Å². The molecule has 1 heterocycles. The number of ether oxygens (including phenoxy) is 1. The molecular formula is C21H24N2O3. The van der Waals surface area contributed by atoms with E-state index in [4.69, 9.17) is 4.74 Å². The third-order valence-corrected chi connectivity index (χ3v) is 4.47. The zero-order valence-corrected chi connectivity index (χ0v) is 15.1. The maximum absolute atomic E-state index is 12.8. The van der Waals surface area contributed by atoms with Crippen molar-refractivity contribution in [1.29, 1.82) is 0 Å². The van der Waals surface area contributed by atoms with Crippen LogP contribution in [0.1, 0.15) is 38.3 Å². The molecule has 26 heavy (non-hydrogen) atoms. The molecule has 136 valence electrons. The Morgan fingerprint density at radius 2 is 1.81 bits per heavy atom. The second-order valence-electron chi connectivity index (χ2n) is 6.47. The molecule has 1 aliphatic heterocycles. The molecule has 2 aromatic carbocycles. The van der Waals surface area contributed by atoms with Crippen LogP contribution in [0, 0.1) is 0 Å². The van der Waals surface area contributed by atoms with Gasteiger partial charge in [-0.25, -0.2) is 4.90 Å². The highest BCUT2D eigenvalue weighted by Crippen LogP contribution is 2.26. The number of benzene rings is 2. The van der Waals surface area contributed by atoms with E-state index in [0.29, 0.717) is 12.3 Å². The third kappa shape index (κ3) is 3.94. The number of anilines is 1. The van der Waals surface area contributed by atoms with Crippen molar-refractivity contribution in [3.05, 3.63) is 60.2 Å². The van der Waals surface area contributed by atoms with Crippen LogP contribution in [0.25, 0.3) is 0 Å². The molecule has 2 amide bonds. The lowest BCUT2D eigenvalue weighted by Crippen LogP contribution is -2.39. The van der Waals surface area contributed by atoms with Gasteiger partial charge in [-0.1, -0.05) is 37.3 Å². The van der Waals surface area contributed by atoms with Crippen molar-refractivity contribution in [2.24, 2.45) is 0 Å². The van der Waals surface area contributed by atoms with Gasteiger partial charge in [-0.3, -0.25) is 14.9 Å². The standard InChI is InChI=1S/C21H24N2O3/c1-3-13-26-18-11-9-17(10-12-18)23-20(24)14-19(21(23)25)22-15(2)16-7-5-4-6-8-16/h4-12,15,19,22H,3,13-14H2,1-2H3. The Hall–Kier alpha value is -2.66. The fraction of sp³-hybridized carbons (Fsp3) is 0.333. The monoisotopic (exact) mass is 352 g/mol. The van der Waals surface area contributed by atoms with Crippen LogP contribution in [0.5, 0.6) is 5.75 Å². The van der Waals surface area contributed by atoms with Crippen LogP contribution in [0.3, 0.4) is 0 Å². The van der Waals surface area contributed by atoms with Gasteiger partial charge >= 0.3 is 0 Å². The van der Waals surface area contributed by atoms with Gasteiger partial charge in [0.1, 0.15) is 5.75 Å². The van der Waals surface area contributed by atoms with Gasteiger partial charge in [-0.15, -0.1) is 0 Å². The summed E-state index contributed by atoms with van der Waals surface area (Å²) in [5.74, 6) is 0.345. The van der Waals surface area contributed by atoms with Gasteiger partial charge in [-0.05, 0) is 43.2 Å². The van der Waals surface area contributed by atoms with Crippen molar-refractivity contribution in [2.75, 3.05) is 11.5 Å². The molecule has 3 rings (SSSR count). The summed E-state index contributed by atoms with van der Waals surface area (Å²) < 4.78 is 5.55. The van der Waals surface area contributed by atoms with E-state index in [1.54, 1.807) is 24.3 Å². The summed E-state index contributed by atoms with van der Waals surface area (Å²) in [6.07, 6.45) is 1.10. The van der Waals surface area contributed by atoms with Crippen molar-refractivity contribution in [3.8, 4) is 5.75 Å². The molecule has 0 aliphatic carbocycles. The summed E-state index contributed by atoms with van der Waals surface area (Å²) in [6, 6.07) is 16.5. The van der Waals surface area contributed by atoms with Crippen LogP contribution in [-0.2, 0) is 9.59 Å². The minimum atomic E-state index is -0.506. The van der Waals surface area contributed by atoms with Crippen molar-refractivity contribution >= 4 is 17.5 Å². The highest BCUT2D eigenvalue weighted by atomic mass is 16.5. The third-order valence-electron chi connectivity index (χ3n) is 4.47. The molecular weight excluding hydrogens is 328 g/mol. The molecule has 1 N–H and O–H groups in total. The molecule has 2 aromatic rings. The van der Waals surface area contributed by atoms with Crippen LogP contribution < -0.4 is 15.0 Å². The molecule has 0 bridgehead atoms. The fourth-order valence-electron chi connectivity index (χ4n) is 3.08. The summed E-state index contributed by atoms with van der Waals surface area (Å²) in [5, 5.41) is 3.28. The Morgan fingerprint density at radius 1 is 1.12 bits per heavy atom. The zero-order valence-electron chi connectivity index (χ0n) is 15.1. The second kappa shape index (κ2) is 8.15. The van der Waals surface area contributed by atoms with E-state index in [1.165, 1.54) is 4.90 Å². The van der Waals surface area contributed by atoms with E-state index >= 15 is 0 Å². The summed E-state index contributed by atoms with van der Waals surface area (Å²) in [4.78, 5) is 26.4. The normalized spacial score (nSPS) is 18.2. The van der Waals surface area contributed by atoms with Crippen LogP contribution >= 0.6 is 0 Å². The molecule has 5 nitrogen and oxygen atoms in total. The topological polar surface area (TPSA) is 58.6 Å². The lowest BCUT2D eigenvalue weighted by atomic mass is 10.1. The van der Waals surface area contributed by atoms with Crippen LogP contribution in [-0.4, -0.2) is 24.5 Å². The summed E-state index contributed by atoms with van der Waals surface area (Å²) in [6.45, 7) is 4.68. The molecule has 5 heteroatoms. The molecule has 1 fully saturated rings. The minimum Gasteiger partial charge on any atom is -0.494 e. The highest BCUT2D eigenvalue weighted by Gasteiger charge is 2.40. The van der Waals surface area contributed by atoms with Gasteiger partial charge in [0.2, 0.25) is 5.91 Å². The first-order valence-electron chi connectivity index (χ1n) is 9.00. The molecule has 2 atom stereocenters. The highest BCUT2D eigenvalue weighted by molar-refractivity contribution is 6.22. The molecule has 0 saturated carbocycles. The van der Waals surface area contributed by atoms with Gasteiger partial charge in [-0.2, -0.15) is 0 Å². The predicted molar refractivity (Wildman–Crippen MR) is 101 cm³/mol. The van der Waals surface area contributed by atoms with E-state index in [0.717, 1.165) is 17.7 Å². The first kappa shape index (κ1) is 18.1. The fourth-order valence-corrected chi connectivity index (χ4v) is 3.08. The lowest BCUT2D eigenvalue weighted by Gasteiger charge is -2.19. The van der Waals surface area contributed by atoms with E-state index in [9.17, 15) is 9.59 Å². The average Bonchev–Trinajstić information content (AvgIpc) is 2.94. The second-order valence-corrected chi connectivity index (χ2v) is 6.47. The molecule has 0 aromatic heterocycles. The zero-order chi connectivity index (χ0) is 18.5. The number of carbonyl (C=O) groups is 2. The summed E-state index contributed by atoms with van der Waals surface area (Å²) in [5.41, 5.74) is 1.67. The quantitative estimate of drug-likeness (QED) is 0.776. The number of imide groups is 1. The molecule has 1 aliphatic rings. The van der Waals surface area contributed by atoms with E-state index in [2.05, 4.69) is 5.32 Å². The van der Waals surface area contributed by atoms with Crippen LogP contribution in [0.4, 0.5) is 5.69 Å². The number of carbonyl (C=O) groups excluding carboxylic acids is 2. The van der Waals surface area contributed by atoms with E-state index in [-0.39, 0.29) is 24.3 Å². The van der Waals surface area contributed by atoms with Crippen LogP contribution in [0.2, 0.25) is 0 Å². The average molecular weight is 352 g/mol. The van der Waals surface area contributed by atoms with Gasteiger partial charge < -0.3 is 4.74 Å². The SMILES string of the molecule is CCCOc1ccc(N2C(=O)CC(NC(C)c3ccccc3)C2=O)cc1. The minimum absolute atomic E-state index is 0.0114. The van der Waals surface area contributed by atoms with Crippen LogP contribution in [0.15, 0.2) is 54.6 Å². The maximum Gasteiger partial charge on any atom is 0.251 e. The molecule has 0 radical (unpaired) electrons. The maximum atomic E-state index is 12.8. The number of amides is 2. The Morgan fingerprint density at radius 3 is 2.46 bits per heavy atom. The first-order valence-corrected chi connectivity index (χ1v) is 9.00. The van der Waals surface area contributed by atoms with Crippen molar-refractivity contribution in [2.45, 2.75) is 38.8 Å². The lowest BCUT2D eigenvalue weighted by molar-refractivity contribution is -0.121. The predicted octanol–water partition coefficient (Wildman–Crippen LogP) is 3.46. The molecule has 0 spiro atoms. The Labute approximate surface area is 154 Å². The summed E-state index contributed by atoms with van der Waals surface area (Å²) >= 11 is 0. The molecule has 2 unspecified atom stereocenters. The summed E-state index contributed by atoms with van der Waals surface area (Å²) in [7, 11) is 0. The van der Waals surface area contributed by atoms with Crippen molar-refractivity contribution in [3.63, 3.8) is 0 Å².